The molecule has 0 N–H and O–H groups in total. The molecule has 56 valence electrons. The van der Waals surface area contributed by atoms with Crippen molar-refractivity contribution in [1.82, 2.24) is 0 Å². The van der Waals surface area contributed by atoms with Crippen molar-refractivity contribution in [3.8, 4) is 0 Å². The molecule has 0 heterocycles. The molecule has 0 spiro atoms. The lowest BCUT2D eigenvalue weighted by Crippen LogP contribution is -1.93. The van der Waals surface area contributed by atoms with E-state index in [0.717, 1.165) is 0 Å². The first kappa shape index (κ1) is 9.63. The van der Waals surface area contributed by atoms with Crippen LogP contribution < -0.4 is 0 Å². The zero-order valence-corrected chi connectivity index (χ0v) is 7.94. The van der Waals surface area contributed by atoms with E-state index in [1.165, 1.54) is 13.8 Å². The summed E-state index contributed by atoms with van der Waals surface area (Å²) in [5.41, 5.74) is 0. The van der Waals surface area contributed by atoms with Crippen molar-refractivity contribution >= 4 is 23.5 Å². The van der Waals surface area contributed by atoms with Crippen molar-refractivity contribution in [2.75, 3.05) is 25.7 Å². The molecule has 0 aromatic heterocycles. The molecule has 1 atom stereocenters. The summed E-state index contributed by atoms with van der Waals surface area (Å²) in [4.78, 5) is 0. The average molecular weight is 217 g/mol. The predicted molar refractivity (Wildman–Crippen MR) is 40.3 cm³/mol. The summed E-state index contributed by atoms with van der Waals surface area (Å²) >= 11 is 3.13. The maximum atomic E-state index is 10.9. The SMILES string of the molecule is COP(C)(=O)OCCBr. The smallest absolute Gasteiger partial charge is 0.312 e. The van der Waals surface area contributed by atoms with Crippen molar-refractivity contribution in [1.29, 1.82) is 0 Å². The van der Waals surface area contributed by atoms with Gasteiger partial charge in [-0.25, -0.2) is 0 Å². The quantitative estimate of drug-likeness (QED) is 0.532. The number of hydrogen-bond donors (Lipinski definition) is 0. The van der Waals surface area contributed by atoms with Gasteiger partial charge in [0.1, 0.15) is 0 Å². The van der Waals surface area contributed by atoms with E-state index in [1.54, 1.807) is 0 Å². The van der Waals surface area contributed by atoms with Gasteiger partial charge < -0.3 is 9.05 Å². The second kappa shape index (κ2) is 4.45. The Balaban J connectivity index is 3.46. The van der Waals surface area contributed by atoms with Crippen molar-refractivity contribution in [2.24, 2.45) is 0 Å². The summed E-state index contributed by atoms with van der Waals surface area (Å²) in [5, 5.41) is 0.675. The van der Waals surface area contributed by atoms with Gasteiger partial charge >= 0.3 is 7.60 Å². The van der Waals surface area contributed by atoms with Gasteiger partial charge in [-0.1, -0.05) is 15.9 Å². The van der Waals surface area contributed by atoms with Crippen LogP contribution in [0.2, 0.25) is 0 Å². The fourth-order valence-corrected chi connectivity index (χ4v) is 1.19. The molecule has 0 amide bonds. The zero-order chi connectivity index (χ0) is 7.33. The molecular formula is C4H10BrO3P. The summed E-state index contributed by atoms with van der Waals surface area (Å²) in [5.74, 6) is 0. The van der Waals surface area contributed by atoms with Gasteiger partial charge in [0.15, 0.2) is 0 Å². The van der Waals surface area contributed by atoms with Crippen molar-refractivity contribution < 1.29 is 13.6 Å². The van der Waals surface area contributed by atoms with E-state index in [0.29, 0.717) is 11.9 Å². The molecule has 0 aromatic rings. The minimum absolute atomic E-state index is 0.418. The van der Waals surface area contributed by atoms with Crippen molar-refractivity contribution in [2.45, 2.75) is 0 Å². The van der Waals surface area contributed by atoms with E-state index in [9.17, 15) is 4.57 Å². The zero-order valence-electron chi connectivity index (χ0n) is 5.46. The third-order valence-electron chi connectivity index (χ3n) is 0.735. The van der Waals surface area contributed by atoms with Gasteiger partial charge in [0.05, 0.1) is 6.61 Å². The normalized spacial score (nSPS) is 17.2. The first-order chi connectivity index (χ1) is 4.12. The average Bonchev–Trinajstić information content (AvgIpc) is 1.84. The molecule has 0 rings (SSSR count). The molecule has 5 heteroatoms. The van der Waals surface area contributed by atoms with E-state index in [1.807, 2.05) is 0 Å². The Kier molecular flexibility index (Phi) is 4.76. The lowest BCUT2D eigenvalue weighted by Gasteiger charge is -2.08. The van der Waals surface area contributed by atoms with E-state index in [2.05, 4.69) is 20.5 Å². The Morgan fingerprint density at radius 2 is 2.22 bits per heavy atom. The molecule has 0 aliphatic heterocycles. The van der Waals surface area contributed by atoms with Crippen LogP contribution >= 0.6 is 23.5 Å². The standard InChI is InChI=1S/C4H10BrO3P/c1-7-9(2,6)8-4-3-5/h3-4H2,1-2H3. The fraction of sp³-hybridized carbons (Fsp3) is 1.00. The molecule has 0 saturated carbocycles. The van der Waals surface area contributed by atoms with Crippen molar-refractivity contribution in [3.05, 3.63) is 0 Å². The summed E-state index contributed by atoms with van der Waals surface area (Å²) in [6.45, 7) is 1.86. The summed E-state index contributed by atoms with van der Waals surface area (Å²) in [7, 11) is -1.35. The number of alkyl halides is 1. The largest absolute Gasteiger partial charge is 0.327 e. The molecule has 0 aliphatic carbocycles. The molecule has 3 nitrogen and oxygen atoms in total. The highest BCUT2D eigenvalue weighted by Gasteiger charge is 2.12. The van der Waals surface area contributed by atoms with Crippen LogP contribution in [0.1, 0.15) is 0 Å². The van der Waals surface area contributed by atoms with Crippen LogP contribution in [0.5, 0.6) is 0 Å². The van der Waals surface area contributed by atoms with Gasteiger partial charge in [0.2, 0.25) is 0 Å². The summed E-state index contributed by atoms with van der Waals surface area (Å²) in [6.07, 6.45) is 0. The lowest BCUT2D eigenvalue weighted by molar-refractivity contribution is 0.252. The Hall–Kier alpha value is 0.630. The first-order valence-electron chi connectivity index (χ1n) is 2.46. The number of halogens is 1. The highest BCUT2D eigenvalue weighted by molar-refractivity contribution is 9.09. The van der Waals surface area contributed by atoms with Crippen LogP contribution in [-0.2, 0) is 13.6 Å². The highest BCUT2D eigenvalue weighted by atomic mass is 79.9. The lowest BCUT2D eigenvalue weighted by atomic mass is 10.9. The number of rotatable bonds is 4. The molecule has 1 unspecified atom stereocenters. The monoisotopic (exact) mass is 216 g/mol. The molecule has 0 radical (unpaired) electrons. The predicted octanol–water partition coefficient (Wildman–Crippen LogP) is 1.87. The Morgan fingerprint density at radius 1 is 1.67 bits per heavy atom. The highest BCUT2D eigenvalue weighted by Crippen LogP contribution is 2.42. The molecule has 0 bridgehead atoms. The Morgan fingerprint density at radius 3 is 2.56 bits per heavy atom. The maximum absolute atomic E-state index is 10.9. The van der Waals surface area contributed by atoms with E-state index >= 15 is 0 Å². The van der Waals surface area contributed by atoms with E-state index in [4.69, 9.17) is 4.52 Å². The molecule has 0 aromatic carbocycles. The van der Waals surface area contributed by atoms with Crippen LogP contribution in [0.4, 0.5) is 0 Å². The second-order valence-corrected chi connectivity index (χ2v) is 4.44. The van der Waals surface area contributed by atoms with Gasteiger partial charge in [-0.3, -0.25) is 4.57 Å². The van der Waals surface area contributed by atoms with Crippen molar-refractivity contribution in [3.63, 3.8) is 0 Å². The minimum Gasteiger partial charge on any atom is -0.312 e. The van der Waals surface area contributed by atoms with Gasteiger partial charge in [0, 0.05) is 19.1 Å². The Bertz CT molecular complexity index is 116. The topological polar surface area (TPSA) is 35.5 Å². The van der Waals surface area contributed by atoms with Gasteiger partial charge in [0.25, 0.3) is 0 Å². The third kappa shape index (κ3) is 5.09. The van der Waals surface area contributed by atoms with Crippen LogP contribution in [0.25, 0.3) is 0 Å². The maximum Gasteiger partial charge on any atom is 0.327 e. The van der Waals surface area contributed by atoms with Crippen LogP contribution in [-0.4, -0.2) is 25.7 Å². The van der Waals surface area contributed by atoms with Crippen LogP contribution in [0, 0.1) is 0 Å². The van der Waals surface area contributed by atoms with Gasteiger partial charge in [-0.2, -0.15) is 0 Å². The molecule has 9 heavy (non-hydrogen) atoms. The molecule has 0 saturated heterocycles. The fourth-order valence-electron chi connectivity index (χ4n) is 0.253. The molecular weight excluding hydrogens is 207 g/mol. The van der Waals surface area contributed by atoms with E-state index < -0.39 is 7.60 Å². The second-order valence-electron chi connectivity index (χ2n) is 1.48. The number of hydrogen-bond acceptors (Lipinski definition) is 3. The van der Waals surface area contributed by atoms with Crippen LogP contribution in [0.15, 0.2) is 0 Å². The Labute approximate surface area is 63.4 Å². The molecule has 0 fully saturated rings. The van der Waals surface area contributed by atoms with Crippen LogP contribution in [0.3, 0.4) is 0 Å². The van der Waals surface area contributed by atoms with Gasteiger partial charge in [-0.15, -0.1) is 0 Å². The van der Waals surface area contributed by atoms with E-state index in [-0.39, 0.29) is 0 Å². The summed E-state index contributed by atoms with van der Waals surface area (Å²) in [6, 6.07) is 0. The summed E-state index contributed by atoms with van der Waals surface area (Å²) < 4.78 is 20.2. The molecule has 0 aliphatic rings. The minimum atomic E-state index is -2.72. The van der Waals surface area contributed by atoms with Gasteiger partial charge in [-0.05, 0) is 0 Å². The third-order valence-corrected chi connectivity index (χ3v) is 2.37. The first-order valence-corrected chi connectivity index (χ1v) is 5.57.